The third-order valence-corrected chi connectivity index (χ3v) is 3.26. The second-order valence-corrected chi connectivity index (χ2v) is 4.42. The van der Waals surface area contributed by atoms with Crippen molar-refractivity contribution in [2.75, 3.05) is 21.3 Å². The van der Waals surface area contributed by atoms with Gasteiger partial charge in [-0.3, -0.25) is 24.8 Å². The molecule has 7 nitrogen and oxygen atoms in total. The molecule has 1 atom stereocenters. The number of amides is 2. The monoisotopic (exact) mass is 279 g/mol. The van der Waals surface area contributed by atoms with E-state index in [-0.39, 0.29) is 18.2 Å². The zero-order chi connectivity index (χ0) is 14.7. The maximum atomic E-state index is 11.8. The number of nitrogens with one attached hydrogen (secondary N) is 1. The summed E-state index contributed by atoms with van der Waals surface area (Å²) in [4.78, 5) is 28.6. The molecule has 108 valence electrons. The SMILES string of the molecule is COc1ccnc(CNC2CC(=O)N(C)C2=O)c1OC. The molecule has 2 amide bonds. The van der Waals surface area contributed by atoms with Crippen LogP contribution in [0.3, 0.4) is 0 Å². The number of methoxy groups -OCH3 is 2. The Bertz CT molecular complexity index is 532. The fraction of sp³-hybridized carbons (Fsp3) is 0.462. The van der Waals surface area contributed by atoms with Crippen molar-refractivity contribution in [3.05, 3.63) is 18.0 Å². The number of hydrogen-bond acceptors (Lipinski definition) is 6. The van der Waals surface area contributed by atoms with Gasteiger partial charge in [-0.15, -0.1) is 0 Å². The van der Waals surface area contributed by atoms with Gasteiger partial charge in [0.25, 0.3) is 0 Å². The molecule has 1 aliphatic heterocycles. The lowest BCUT2D eigenvalue weighted by atomic mass is 10.2. The number of carbonyl (C=O) groups excluding carboxylic acids is 2. The predicted octanol–water partition coefficient (Wildman–Crippen LogP) is -0.0543. The molecule has 2 heterocycles. The number of carbonyl (C=O) groups is 2. The highest BCUT2D eigenvalue weighted by molar-refractivity contribution is 6.05. The van der Waals surface area contributed by atoms with Crippen molar-refractivity contribution >= 4 is 11.8 Å². The number of ether oxygens (including phenoxy) is 2. The molecule has 0 aromatic carbocycles. The minimum Gasteiger partial charge on any atom is -0.493 e. The van der Waals surface area contributed by atoms with Crippen LogP contribution in [0.25, 0.3) is 0 Å². The van der Waals surface area contributed by atoms with E-state index in [1.54, 1.807) is 19.4 Å². The second kappa shape index (κ2) is 5.87. The quantitative estimate of drug-likeness (QED) is 0.761. The first-order valence-electron chi connectivity index (χ1n) is 6.18. The van der Waals surface area contributed by atoms with Crippen LogP contribution < -0.4 is 14.8 Å². The van der Waals surface area contributed by atoms with Gasteiger partial charge in [-0.1, -0.05) is 0 Å². The Kier molecular flexibility index (Phi) is 4.19. The zero-order valence-corrected chi connectivity index (χ0v) is 11.7. The van der Waals surface area contributed by atoms with Gasteiger partial charge >= 0.3 is 0 Å². The molecule has 0 saturated carbocycles. The molecule has 1 fully saturated rings. The van der Waals surface area contributed by atoms with Crippen LogP contribution in [0.1, 0.15) is 12.1 Å². The summed E-state index contributed by atoms with van der Waals surface area (Å²) in [7, 11) is 4.56. The lowest BCUT2D eigenvalue weighted by Gasteiger charge is -2.14. The van der Waals surface area contributed by atoms with Gasteiger partial charge < -0.3 is 9.47 Å². The summed E-state index contributed by atoms with van der Waals surface area (Å²) in [6.07, 6.45) is 1.77. The standard InChI is InChI=1S/C13H17N3O4/c1-16-11(17)6-8(13(16)18)15-7-9-12(20-3)10(19-2)4-5-14-9/h4-5,8,15H,6-7H2,1-3H3. The lowest BCUT2D eigenvalue weighted by Crippen LogP contribution is -2.36. The van der Waals surface area contributed by atoms with Crippen molar-refractivity contribution in [3.8, 4) is 11.5 Å². The summed E-state index contributed by atoms with van der Waals surface area (Å²) < 4.78 is 10.4. The molecular formula is C13H17N3O4. The minimum atomic E-state index is -0.509. The van der Waals surface area contributed by atoms with Crippen LogP contribution in [0.5, 0.6) is 11.5 Å². The summed E-state index contributed by atoms with van der Waals surface area (Å²) in [6.45, 7) is 0.317. The number of aromatic nitrogens is 1. The summed E-state index contributed by atoms with van der Waals surface area (Å²) >= 11 is 0. The van der Waals surface area contributed by atoms with Crippen LogP contribution in [0, 0.1) is 0 Å². The van der Waals surface area contributed by atoms with Crippen molar-refractivity contribution in [1.82, 2.24) is 15.2 Å². The molecule has 0 radical (unpaired) electrons. The van der Waals surface area contributed by atoms with Gasteiger partial charge in [-0.25, -0.2) is 0 Å². The van der Waals surface area contributed by atoms with E-state index in [9.17, 15) is 9.59 Å². The van der Waals surface area contributed by atoms with Crippen molar-refractivity contribution in [3.63, 3.8) is 0 Å². The number of imide groups is 1. The van der Waals surface area contributed by atoms with E-state index in [0.717, 1.165) is 4.90 Å². The third kappa shape index (κ3) is 2.57. The zero-order valence-electron chi connectivity index (χ0n) is 11.7. The number of likely N-dealkylation sites (N-methyl/N-ethyl adjacent to an activating group) is 1. The molecule has 0 spiro atoms. The minimum absolute atomic E-state index is 0.168. The Hall–Kier alpha value is -2.15. The maximum Gasteiger partial charge on any atom is 0.246 e. The van der Waals surface area contributed by atoms with E-state index >= 15 is 0 Å². The van der Waals surface area contributed by atoms with Gasteiger partial charge in [0.1, 0.15) is 0 Å². The van der Waals surface area contributed by atoms with Crippen LogP contribution in [0.2, 0.25) is 0 Å². The molecule has 1 N–H and O–H groups in total. The Morgan fingerprint density at radius 2 is 2.15 bits per heavy atom. The van der Waals surface area contributed by atoms with Crippen molar-refractivity contribution in [2.24, 2.45) is 0 Å². The third-order valence-electron chi connectivity index (χ3n) is 3.26. The lowest BCUT2D eigenvalue weighted by molar-refractivity contribution is -0.137. The molecule has 2 rings (SSSR count). The average Bonchev–Trinajstić information content (AvgIpc) is 2.71. The van der Waals surface area contributed by atoms with Crippen LogP contribution >= 0.6 is 0 Å². The van der Waals surface area contributed by atoms with Gasteiger partial charge in [0, 0.05) is 25.9 Å². The molecule has 1 aromatic rings. The Labute approximate surface area is 116 Å². The van der Waals surface area contributed by atoms with Crippen molar-refractivity contribution < 1.29 is 19.1 Å². The molecule has 0 aliphatic carbocycles. The average molecular weight is 279 g/mol. The topological polar surface area (TPSA) is 80.8 Å². The van der Waals surface area contributed by atoms with Gasteiger partial charge in [-0.2, -0.15) is 0 Å². The van der Waals surface area contributed by atoms with E-state index in [1.165, 1.54) is 14.2 Å². The fourth-order valence-electron chi connectivity index (χ4n) is 2.11. The normalized spacial score (nSPS) is 18.6. The van der Waals surface area contributed by atoms with Crippen molar-refractivity contribution in [1.29, 1.82) is 0 Å². The van der Waals surface area contributed by atoms with Gasteiger partial charge in [-0.05, 0) is 0 Å². The fourth-order valence-corrected chi connectivity index (χ4v) is 2.11. The number of pyridine rings is 1. The Morgan fingerprint density at radius 1 is 1.40 bits per heavy atom. The molecule has 1 unspecified atom stereocenters. The highest BCUT2D eigenvalue weighted by atomic mass is 16.5. The summed E-state index contributed by atoms with van der Waals surface area (Å²) in [6, 6.07) is 1.19. The molecule has 1 saturated heterocycles. The molecular weight excluding hydrogens is 262 g/mol. The van der Waals surface area contributed by atoms with E-state index in [0.29, 0.717) is 23.7 Å². The van der Waals surface area contributed by atoms with E-state index in [4.69, 9.17) is 9.47 Å². The first-order valence-corrected chi connectivity index (χ1v) is 6.18. The number of hydrogen-bond donors (Lipinski definition) is 1. The highest BCUT2D eigenvalue weighted by Gasteiger charge is 2.35. The summed E-state index contributed by atoms with van der Waals surface area (Å²) in [5, 5.41) is 3.02. The predicted molar refractivity (Wildman–Crippen MR) is 70.4 cm³/mol. The Balaban J connectivity index is 2.08. The number of likely N-dealkylation sites (tertiary alicyclic amines) is 1. The van der Waals surface area contributed by atoms with Crippen LogP contribution in [-0.4, -0.2) is 49.0 Å². The molecule has 7 heteroatoms. The van der Waals surface area contributed by atoms with Crippen LogP contribution in [0.4, 0.5) is 0 Å². The number of nitrogens with zero attached hydrogens (tertiary/aromatic N) is 2. The summed E-state index contributed by atoms with van der Waals surface area (Å²) in [5.41, 5.74) is 0.627. The van der Waals surface area contributed by atoms with Crippen LogP contribution in [-0.2, 0) is 16.1 Å². The molecule has 1 aromatic heterocycles. The largest absolute Gasteiger partial charge is 0.493 e. The first-order chi connectivity index (χ1) is 9.58. The van der Waals surface area contributed by atoms with Gasteiger partial charge in [0.2, 0.25) is 11.8 Å². The first kappa shape index (κ1) is 14.3. The van der Waals surface area contributed by atoms with E-state index < -0.39 is 6.04 Å². The molecule has 1 aliphatic rings. The second-order valence-electron chi connectivity index (χ2n) is 4.42. The van der Waals surface area contributed by atoms with E-state index in [1.807, 2.05) is 0 Å². The smallest absolute Gasteiger partial charge is 0.246 e. The summed E-state index contributed by atoms with van der Waals surface area (Å²) in [5.74, 6) is 0.688. The Morgan fingerprint density at radius 3 is 2.70 bits per heavy atom. The van der Waals surface area contributed by atoms with Crippen LogP contribution in [0.15, 0.2) is 12.3 Å². The number of rotatable bonds is 5. The van der Waals surface area contributed by atoms with Gasteiger partial charge in [0.15, 0.2) is 11.5 Å². The maximum absolute atomic E-state index is 11.8. The highest BCUT2D eigenvalue weighted by Crippen LogP contribution is 2.29. The molecule has 20 heavy (non-hydrogen) atoms. The van der Waals surface area contributed by atoms with Crippen molar-refractivity contribution in [2.45, 2.75) is 19.0 Å². The molecule has 0 bridgehead atoms. The van der Waals surface area contributed by atoms with Gasteiger partial charge in [0.05, 0.1) is 32.4 Å². The van der Waals surface area contributed by atoms with E-state index in [2.05, 4.69) is 10.3 Å².